The predicted molar refractivity (Wildman–Crippen MR) is 64.7 cm³/mol. The van der Waals surface area contributed by atoms with Crippen LogP contribution < -0.4 is 11.1 Å². The number of nitrogen functional groups attached to an aromatic ring is 1. The number of nitrogens with two attached hydrogens (primary N) is 1. The summed E-state index contributed by atoms with van der Waals surface area (Å²) in [5.41, 5.74) is 6.67. The van der Waals surface area contributed by atoms with Gasteiger partial charge in [0.15, 0.2) is 0 Å². The molecule has 0 saturated carbocycles. The highest BCUT2D eigenvalue weighted by Crippen LogP contribution is 2.10. The summed E-state index contributed by atoms with van der Waals surface area (Å²) in [6.45, 7) is 2.94. The van der Waals surface area contributed by atoms with E-state index in [2.05, 4.69) is 5.32 Å². The predicted octanol–water partition coefficient (Wildman–Crippen LogP) is -0.173. The summed E-state index contributed by atoms with van der Waals surface area (Å²) in [5.74, 6) is -0.251. The largest absolute Gasteiger partial charge is 0.397 e. The van der Waals surface area contributed by atoms with Crippen molar-refractivity contribution >= 4 is 11.6 Å². The van der Waals surface area contributed by atoms with E-state index >= 15 is 0 Å². The highest BCUT2D eigenvalue weighted by molar-refractivity contribution is 5.93. The number of nitrogens with zero attached hydrogens (tertiary/aromatic N) is 1. The molecule has 1 aromatic heterocycles. The number of aliphatic hydroxyl groups is 1. The summed E-state index contributed by atoms with van der Waals surface area (Å²) in [6.07, 6.45) is 1.01. The fourth-order valence-electron chi connectivity index (χ4n) is 1.54. The van der Waals surface area contributed by atoms with E-state index in [0.717, 1.165) is 0 Å². The number of aromatic nitrogens is 1. The molecule has 0 fully saturated rings. The van der Waals surface area contributed by atoms with Gasteiger partial charge in [-0.05, 0) is 13.0 Å². The van der Waals surface area contributed by atoms with Crippen molar-refractivity contribution in [3.63, 3.8) is 0 Å². The van der Waals surface area contributed by atoms with E-state index in [1.165, 1.54) is 7.11 Å². The van der Waals surface area contributed by atoms with Gasteiger partial charge >= 0.3 is 0 Å². The van der Waals surface area contributed by atoms with Gasteiger partial charge in [0.2, 0.25) is 0 Å². The fourth-order valence-corrected chi connectivity index (χ4v) is 1.54. The lowest BCUT2D eigenvalue weighted by Gasteiger charge is -2.11. The molecular formula is C11H19N3O3. The quantitative estimate of drug-likeness (QED) is 0.645. The minimum absolute atomic E-state index is 0.154. The van der Waals surface area contributed by atoms with Gasteiger partial charge in [0.05, 0.1) is 18.4 Å². The number of aryl methyl sites for hydroxylation is 1. The van der Waals surface area contributed by atoms with Crippen LogP contribution in [0.1, 0.15) is 17.4 Å². The number of amides is 1. The van der Waals surface area contributed by atoms with E-state index < -0.39 is 6.10 Å². The first-order valence-corrected chi connectivity index (χ1v) is 5.49. The van der Waals surface area contributed by atoms with Crippen LogP contribution >= 0.6 is 0 Å². The number of carbonyl (C=O) groups excluding carboxylic acids is 1. The molecule has 1 unspecified atom stereocenters. The van der Waals surface area contributed by atoms with Crippen LogP contribution in [0, 0.1) is 0 Å². The first-order chi connectivity index (χ1) is 8.08. The maximum absolute atomic E-state index is 11.8. The molecule has 1 heterocycles. The molecule has 1 aromatic rings. The third kappa shape index (κ3) is 3.76. The Balaban J connectivity index is 2.57. The Hall–Kier alpha value is -1.53. The molecule has 0 saturated heterocycles. The summed E-state index contributed by atoms with van der Waals surface area (Å²) < 4.78 is 6.52. The van der Waals surface area contributed by atoms with Gasteiger partial charge in [0, 0.05) is 26.4 Å². The maximum Gasteiger partial charge on any atom is 0.268 e. The van der Waals surface area contributed by atoms with Crippen molar-refractivity contribution in [3.05, 3.63) is 18.0 Å². The monoisotopic (exact) mass is 241 g/mol. The molecule has 4 N–H and O–H groups in total. The Labute approximate surface area is 100 Å². The standard InChI is InChI=1S/C11H19N3O3/c1-3-14-6-8(12)4-10(14)11(16)13-5-9(15)7-17-2/h4,6,9,15H,3,5,7,12H2,1-2H3,(H,13,16). The van der Waals surface area contributed by atoms with Crippen LogP contribution in [-0.2, 0) is 11.3 Å². The smallest absolute Gasteiger partial charge is 0.268 e. The minimum atomic E-state index is -0.702. The van der Waals surface area contributed by atoms with Crippen molar-refractivity contribution in [2.75, 3.05) is 26.0 Å². The third-order valence-corrected chi connectivity index (χ3v) is 2.35. The molecule has 0 aromatic carbocycles. The van der Waals surface area contributed by atoms with Crippen LogP contribution in [0.3, 0.4) is 0 Å². The highest BCUT2D eigenvalue weighted by atomic mass is 16.5. The lowest BCUT2D eigenvalue weighted by atomic mass is 10.3. The number of ether oxygens (including phenoxy) is 1. The Morgan fingerprint density at radius 3 is 3.00 bits per heavy atom. The number of anilines is 1. The van der Waals surface area contributed by atoms with Gasteiger partial charge in [0.25, 0.3) is 5.91 Å². The third-order valence-electron chi connectivity index (χ3n) is 2.35. The van der Waals surface area contributed by atoms with Gasteiger partial charge in [0.1, 0.15) is 5.69 Å². The van der Waals surface area contributed by atoms with Crippen molar-refractivity contribution < 1.29 is 14.6 Å². The van der Waals surface area contributed by atoms with Gasteiger partial charge in [-0.3, -0.25) is 4.79 Å². The number of hydrogen-bond acceptors (Lipinski definition) is 4. The SMILES string of the molecule is CCn1cc(N)cc1C(=O)NCC(O)COC. The van der Waals surface area contributed by atoms with Crippen molar-refractivity contribution in [1.82, 2.24) is 9.88 Å². The topological polar surface area (TPSA) is 89.5 Å². The zero-order valence-electron chi connectivity index (χ0n) is 10.1. The van der Waals surface area contributed by atoms with Crippen LogP contribution in [-0.4, -0.2) is 41.9 Å². The van der Waals surface area contributed by atoms with Gasteiger partial charge in [-0.15, -0.1) is 0 Å². The van der Waals surface area contributed by atoms with Gasteiger partial charge in [-0.25, -0.2) is 0 Å². The second kappa shape index (κ2) is 6.27. The molecule has 17 heavy (non-hydrogen) atoms. The van der Waals surface area contributed by atoms with Crippen molar-refractivity contribution in [3.8, 4) is 0 Å². The summed E-state index contributed by atoms with van der Waals surface area (Å²) in [5, 5.41) is 12.0. The molecule has 0 aliphatic heterocycles. The normalized spacial score (nSPS) is 12.4. The summed E-state index contributed by atoms with van der Waals surface area (Å²) in [6, 6.07) is 1.61. The molecular weight excluding hydrogens is 222 g/mol. The van der Waals surface area contributed by atoms with Gasteiger partial charge in [-0.2, -0.15) is 0 Å². The fraction of sp³-hybridized carbons (Fsp3) is 0.545. The van der Waals surface area contributed by atoms with Gasteiger partial charge < -0.3 is 25.5 Å². The second-order valence-electron chi connectivity index (χ2n) is 3.76. The summed E-state index contributed by atoms with van der Waals surface area (Å²) in [7, 11) is 1.49. The number of methoxy groups -OCH3 is 1. The Bertz CT molecular complexity index is 376. The Morgan fingerprint density at radius 1 is 1.71 bits per heavy atom. The molecule has 1 amide bonds. The maximum atomic E-state index is 11.8. The molecule has 96 valence electrons. The first-order valence-electron chi connectivity index (χ1n) is 5.49. The number of carbonyl (C=O) groups is 1. The number of rotatable bonds is 6. The molecule has 6 nitrogen and oxygen atoms in total. The van der Waals surface area contributed by atoms with Crippen LogP contribution in [0.25, 0.3) is 0 Å². The van der Waals surface area contributed by atoms with E-state index in [1.807, 2.05) is 6.92 Å². The zero-order chi connectivity index (χ0) is 12.8. The van der Waals surface area contributed by atoms with E-state index in [4.69, 9.17) is 10.5 Å². The molecule has 0 aliphatic rings. The molecule has 1 rings (SSSR count). The Morgan fingerprint density at radius 2 is 2.41 bits per heavy atom. The molecule has 6 heteroatoms. The first kappa shape index (κ1) is 13.5. The summed E-state index contributed by atoms with van der Waals surface area (Å²) in [4.78, 5) is 11.8. The highest BCUT2D eigenvalue weighted by Gasteiger charge is 2.13. The number of nitrogens with one attached hydrogen (secondary N) is 1. The Kier molecular flexibility index (Phi) is 4.99. The van der Waals surface area contributed by atoms with E-state index in [9.17, 15) is 9.90 Å². The van der Waals surface area contributed by atoms with Crippen molar-refractivity contribution in [2.45, 2.75) is 19.6 Å². The van der Waals surface area contributed by atoms with Crippen molar-refractivity contribution in [2.24, 2.45) is 0 Å². The minimum Gasteiger partial charge on any atom is -0.397 e. The number of hydrogen-bond donors (Lipinski definition) is 3. The molecule has 0 aliphatic carbocycles. The van der Waals surface area contributed by atoms with Crippen LogP contribution in [0.5, 0.6) is 0 Å². The van der Waals surface area contributed by atoms with E-state index in [1.54, 1.807) is 16.8 Å². The van der Waals surface area contributed by atoms with Crippen LogP contribution in [0.4, 0.5) is 5.69 Å². The van der Waals surface area contributed by atoms with Gasteiger partial charge in [-0.1, -0.05) is 0 Å². The van der Waals surface area contributed by atoms with E-state index in [-0.39, 0.29) is 19.1 Å². The molecule has 0 radical (unpaired) electrons. The summed E-state index contributed by atoms with van der Waals surface area (Å²) >= 11 is 0. The lowest BCUT2D eigenvalue weighted by molar-refractivity contribution is 0.0607. The second-order valence-corrected chi connectivity index (χ2v) is 3.76. The zero-order valence-corrected chi connectivity index (χ0v) is 10.1. The van der Waals surface area contributed by atoms with E-state index in [0.29, 0.717) is 17.9 Å². The van der Waals surface area contributed by atoms with Crippen LogP contribution in [0.15, 0.2) is 12.3 Å². The number of aliphatic hydroxyl groups excluding tert-OH is 1. The molecule has 0 bridgehead atoms. The lowest BCUT2D eigenvalue weighted by Crippen LogP contribution is -2.35. The average Bonchev–Trinajstić information content (AvgIpc) is 2.68. The molecule has 0 spiro atoms. The van der Waals surface area contributed by atoms with Crippen molar-refractivity contribution in [1.29, 1.82) is 0 Å². The average molecular weight is 241 g/mol. The van der Waals surface area contributed by atoms with Crippen LogP contribution in [0.2, 0.25) is 0 Å². The molecule has 1 atom stereocenters.